The minimum atomic E-state index is -0.0669. The van der Waals surface area contributed by atoms with Crippen LogP contribution in [0.3, 0.4) is 0 Å². The lowest BCUT2D eigenvalue weighted by molar-refractivity contribution is 0.176. The van der Waals surface area contributed by atoms with Crippen molar-refractivity contribution in [2.75, 3.05) is 19.6 Å². The molecule has 0 heterocycles. The Morgan fingerprint density at radius 2 is 1.70 bits per heavy atom. The number of rotatable bonds is 8. The van der Waals surface area contributed by atoms with E-state index in [9.17, 15) is 5.26 Å². The van der Waals surface area contributed by atoms with Crippen LogP contribution < -0.4 is 5.32 Å². The summed E-state index contributed by atoms with van der Waals surface area (Å²) in [4.78, 5) is 2.46. The smallest absolute Gasteiger partial charge is 0.0837 e. The molecule has 0 saturated carbocycles. The standard InChI is InChI=1S/C17H27N3/c1-14(2)20(15(3)4)11-10-19-13-17(12-18)16-8-6-5-7-9-16/h5-9,14-15,17,19H,10-11,13H2,1-4H3. The van der Waals surface area contributed by atoms with Crippen LogP contribution in [0.2, 0.25) is 0 Å². The lowest BCUT2D eigenvalue weighted by atomic mass is 10.0. The third-order valence-corrected chi connectivity index (χ3v) is 3.58. The van der Waals surface area contributed by atoms with Gasteiger partial charge in [0.1, 0.15) is 0 Å². The number of benzene rings is 1. The van der Waals surface area contributed by atoms with Crippen molar-refractivity contribution in [3.63, 3.8) is 0 Å². The third kappa shape index (κ3) is 5.32. The van der Waals surface area contributed by atoms with Crippen LogP contribution in [0.4, 0.5) is 0 Å². The molecule has 0 bridgehead atoms. The highest BCUT2D eigenvalue weighted by Gasteiger charge is 2.13. The van der Waals surface area contributed by atoms with Gasteiger partial charge in [0, 0.05) is 31.7 Å². The second kappa shape index (κ2) is 8.73. The Balaban J connectivity index is 2.38. The predicted octanol–water partition coefficient (Wildman–Crippen LogP) is 3.00. The van der Waals surface area contributed by atoms with Gasteiger partial charge in [0.25, 0.3) is 0 Å². The van der Waals surface area contributed by atoms with Gasteiger partial charge in [-0.1, -0.05) is 30.3 Å². The zero-order valence-corrected chi connectivity index (χ0v) is 13.1. The van der Waals surface area contributed by atoms with Crippen molar-refractivity contribution in [1.82, 2.24) is 10.2 Å². The highest BCUT2D eigenvalue weighted by molar-refractivity contribution is 5.24. The number of hydrogen-bond donors (Lipinski definition) is 1. The van der Waals surface area contributed by atoms with E-state index in [1.165, 1.54) is 0 Å². The molecule has 20 heavy (non-hydrogen) atoms. The van der Waals surface area contributed by atoms with Gasteiger partial charge >= 0.3 is 0 Å². The lowest BCUT2D eigenvalue weighted by Crippen LogP contribution is -2.41. The van der Waals surface area contributed by atoms with Crippen molar-refractivity contribution < 1.29 is 0 Å². The Morgan fingerprint density at radius 1 is 1.10 bits per heavy atom. The fourth-order valence-corrected chi connectivity index (χ4v) is 2.49. The molecule has 110 valence electrons. The van der Waals surface area contributed by atoms with Crippen molar-refractivity contribution >= 4 is 0 Å². The molecule has 0 saturated heterocycles. The number of nitriles is 1. The molecular weight excluding hydrogens is 246 g/mol. The Bertz CT molecular complexity index is 398. The second-order valence-electron chi connectivity index (χ2n) is 5.72. The van der Waals surface area contributed by atoms with E-state index in [0.29, 0.717) is 18.6 Å². The van der Waals surface area contributed by atoms with E-state index < -0.39 is 0 Å². The largest absolute Gasteiger partial charge is 0.314 e. The Kier molecular flexibility index (Phi) is 7.28. The summed E-state index contributed by atoms with van der Waals surface area (Å²) in [5.74, 6) is -0.0669. The molecule has 1 aromatic carbocycles. The first-order chi connectivity index (χ1) is 9.56. The van der Waals surface area contributed by atoms with Gasteiger partial charge in [-0.2, -0.15) is 5.26 Å². The number of nitrogens with zero attached hydrogens (tertiary/aromatic N) is 2. The molecule has 0 aromatic heterocycles. The fourth-order valence-electron chi connectivity index (χ4n) is 2.49. The summed E-state index contributed by atoms with van der Waals surface area (Å²) < 4.78 is 0. The Labute approximate surface area is 123 Å². The fraction of sp³-hybridized carbons (Fsp3) is 0.588. The summed E-state index contributed by atoms with van der Waals surface area (Å²) in [6.07, 6.45) is 0. The molecule has 1 atom stereocenters. The van der Waals surface area contributed by atoms with Gasteiger partial charge in [0.15, 0.2) is 0 Å². The third-order valence-electron chi connectivity index (χ3n) is 3.58. The van der Waals surface area contributed by atoms with E-state index in [4.69, 9.17) is 0 Å². The molecule has 0 radical (unpaired) electrons. The van der Waals surface area contributed by atoms with E-state index in [-0.39, 0.29) is 5.92 Å². The molecule has 3 nitrogen and oxygen atoms in total. The van der Waals surface area contributed by atoms with E-state index in [2.05, 4.69) is 44.0 Å². The summed E-state index contributed by atoms with van der Waals surface area (Å²) >= 11 is 0. The van der Waals surface area contributed by atoms with E-state index in [1.807, 2.05) is 30.3 Å². The Morgan fingerprint density at radius 3 is 2.20 bits per heavy atom. The van der Waals surface area contributed by atoms with E-state index in [0.717, 1.165) is 18.7 Å². The van der Waals surface area contributed by atoms with Gasteiger partial charge in [0.2, 0.25) is 0 Å². The average Bonchev–Trinajstić information content (AvgIpc) is 2.43. The SMILES string of the molecule is CC(C)N(CCNCC(C#N)c1ccccc1)C(C)C. The van der Waals surface area contributed by atoms with Gasteiger partial charge in [-0.05, 0) is 33.3 Å². The average molecular weight is 273 g/mol. The monoisotopic (exact) mass is 273 g/mol. The molecule has 1 unspecified atom stereocenters. The van der Waals surface area contributed by atoms with Crippen LogP contribution in [0.5, 0.6) is 0 Å². The predicted molar refractivity (Wildman–Crippen MR) is 84.6 cm³/mol. The maximum Gasteiger partial charge on any atom is 0.0837 e. The Hall–Kier alpha value is -1.37. The highest BCUT2D eigenvalue weighted by Crippen LogP contribution is 2.13. The summed E-state index contributed by atoms with van der Waals surface area (Å²) in [7, 11) is 0. The van der Waals surface area contributed by atoms with Crippen LogP contribution in [-0.4, -0.2) is 36.6 Å². The minimum absolute atomic E-state index is 0.0669. The van der Waals surface area contributed by atoms with Crippen molar-refractivity contribution in [2.45, 2.75) is 45.7 Å². The van der Waals surface area contributed by atoms with Crippen LogP contribution in [-0.2, 0) is 0 Å². The molecular formula is C17H27N3. The molecule has 1 rings (SSSR count). The summed E-state index contributed by atoms with van der Waals surface area (Å²) in [6.45, 7) is 11.5. The minimum Gasteiger partial charge on any atom is -0.314 e. The summed E-state index contributed by atoms with van der Waals surface area (Å²) in [5, 5.41) is 12.7. The van der Waals surface area contributed by atoms with Crippen LogP contribution >= 0.6 is 0 Å². The first kappa shape index (κ1) is 16.7. The van der Waals surface area contributed by atoms with Crippen molar-refractivity contribution in [3.05, 3.63) is 35.9 Å². The molecule has 0 spiro atoms. The van der Waals surface area contributed by atoms with Crippen molar-refractivity contribution in [3.8, 4) is 6.07 Å². The molecule has 0 amide bonds. The lowest BCUT2D eigenvalue weighted by Gasteiger charge is -2.30. The van der Waals surface area contributed by atoms with Crippen molar-refractivity contribution in [1.29, 1.82) is 5.26 Å². The maximum atomic E-state index is 9.26. The quantitative estimate of drug-likeness (QED) is 0.740. The highest BCUT2D eigenvalue weighted by atomic mass is 15.2. The molecule has 1 N–H and O–H groups in total. The van der Waals surface area contributed by atoms with Crippen LogP contribution in [0.25, 0.3) is 0 Å². The molecule has 0 aliphatic carbocycles. The summed E-state index contributed by atoms with van der Waals surface area (Å²) in [5.41, 5.74) is 1.09. The zero-order chi connectivity index (χ0) is 15.0. The van der Waals surface area contributed by atoms with Gasteiger partial charge in [0.05, 0.1) is 12.0 Å². The normalized spacial score (nSPS) is 12.9. The molecule has 0 fully saturated rings. The molecule has 0 aliphatic rings. The van der Waals surface area contributed by atoms with E-state index in [1.54, 1.807) is 0 Å². The first-order valence-electron chi connectivity index (χ1n) is 7.47. The van der Waals surface area contributed by atoms with E-state index >= 15 is 0 Å². The van der Waals surface area contributed by atoms with Crippen LogP contribution in [0.15, 0.2) is 30.3 Å². The van der Waals surface area contributed by atoms with Crippen molar-refractivity contribution in [2.24, 2.45) is 0 Å². The molecule has 0 aliphatic heterocycles. The molecule has 3 heteroatoms. The topological polar surface area (TPSA) is 39.1 Å². The second-order valence-corrected chi connectivity index (χ2v) is 5.72. The van der Waals surface area contributed by atoms with Gasteiger partial charge in [-0.3, -0.25) is 4.90 Å². The first-order valence-corrected chi connectivity index (χ1v) is 7.47. The van der Waals surface area contributed by atoms with Gasteiger partial charge in [-0.15, -0.1) is 0 Å². The number of nitrogens with one attached hydrogen (secondary N) is 1. The van der Waals surface area contributed by atoms with Gasteiger partial charge in [-0.25, -0.2) is 0 Å². The van der Waals surface area contributed by atoms with Gasteiger partial charge < -0.3 is 5.32 Å². The maximum absolute atomic E-state index is 9.26. The zero-order valence-electron chi connectivity index (χ0n) is 13.1. The van der Waals surface area contributed by atoms with Crippen LogP contribution in [0.1, 0.15) is 39.2 Å². The van der Waals surface area contributed by atoms with Crippen LogP contribution in [0, 0.1) is 11.3 Å². The summed E-state index contributed by atoms with van der Waals surface area (Å²) in [6, 6.07) is 13.5. The number of hydrogen-bond acceptors (Lipinski definition) is 3. The molecule has 1 aromatic rings.